The van der Waals surface area contributed by atoms with Crippen LogP contribution in [0.5, 0.6) is 0 Å². The van der Waals surface area contributed by atoms with Crippen molar-refractivity contribution in [1.29, 1.82) is 0 Å². The fourth-order valence-corrected chi connectivity index (χ4v) is 4.59. The highest BCUT2D eigenvalue weighted by Gasteiger charge is 2.35. The second-order valence-corrected chi connectivity index (χ2v) is 8.41. The summed E-state index contributed by atoms with van der Waals surface area (Å²) in [4.78, 5) is 0. The number of rotatable bonds is 7. The Balaban J connectivity index is 1.66. The quantitative estimate of drug-likeness (QED) is 0.839. The molecule has 2 aliphatic rings. The molecule has 1 aromatic rings. The van der Waals surface area contributed by atoms with E-state index in [1.54, 1.807) is 0 Å². The number of hydrogen-bond acceptors (Lipinski definition) is 3. The standard InChI is InChI=1S/C17H25NO3S/c1-13-5-2-3-7-16(13)17(14-8-9-14)18-22(19,20)12-10-15-6-4-11-21-15/h2-3,5,7,14-15,17-18H,4,6,8-12H2,1H3/t15-,17-/m1/s1. The van der Waals surface area contributed by atoms with Crippen LogP contribution in [-0.2, 0) is 14.8 Å². The van der Waals surface area contributed by atoms with Crippen molar-refractivity contribution >= 4 is 10.0 Å². The lowest BCUT2D eigenvalue weighted by Crippen LogP contribution is -2.33. The minimum absolute atomic E-state index is 0.0734. The maximum absolute atomic E-state index is 12.4. The molecule has 0 amide bonds. The van der Waals surface area contributed by atoms with Gasteiger partial charge in [0.25, 0.3) is 0 Å². The van der Waals surface area contributed by atoms with Gasteiger partial charge in [0.1, 0.15) is 0 Å². The lowest BCUT2D eigenvalue weighted by atomic mass is 9.99. The molecule has 1 saturated carbocycles. The van der Waals surface area contributed by atoms with E-state index in [-0.39, 0.29) is 17.9 Å². The minimum Gasteiger partial charge on any atom is -0.378 e. The first-order valence-electron chi connectivity index (χ1n) is 8.22. The van der Waals surface area contributed by atoms with Crippen LogP contribution in [0.25, 0.3) is 0 Å². The third-order valence-electron chi connectivity index (χ3n) is 4.66. The maximum atomic E-state index is 12.4. The molecule has 1 aromatic carbocycles. The normalized spacial score (nSPS) is 23.6. The smallest absolute Gasteiger partial charge is 0.212 e. The Morgan fingerprint density at radius 3 is 2.68 bits per heavy atom. The topological polar surface area (TPSA) is 55.4 Å². The third kappa shape index (κ3) is 4.09. The second kappa shape index (κ2) is 6.69. The monoisotopic (exact) mass is 323 g/mol. The summed E-state index contributed by atoms with van der Waals surface area (Å²) in [7, 11) is -3.27. The summed E-state index contributed by atoms with van der Waals surface area (Å²) in [6.07, 6.45) is 4.96. The van der Waals surface area contributed by atoms with Crippen LogP contribution < -0.4 is 4.72 Å². The Bertz CT molecular complexity index is 604. The number of ether oxygens (including phenoxy) is 1. The summed E-state index contributed by atoms with van der Waals surface area (Å²) in [5.74, 6) is 0.603. The van der Waals surface area contributed by atoms with E-state index in [0.29, 0.717) is 12.3 Å². The van der Waals surface area contributed by atoms with E-state index in [1.807, 2.05) is 31.2 Å². The summed E-state index contributed by atoms with van der Waals surface area (Å²) in [5.41, 5.74) is 2.27. The summed E-state index contributed by atoms with van der Waals surface area (Å²) in [5, 5.41) is 0. The third-order valence-corrected chi connectivity index (χ3v) is 6.04. The molecule has 2 atom stereocenters. The first-order valence-corrected chi connectivity index (χ1v) is 9.87. The Labute approximate surface area is 133 Å². The van der Waals surface area contributed by atoms with Gasteiger partial charge in [-0.2, -0.15) is 0 Å². The van der Waals surface area contributed by atoms with Crippen molar-refractivity contribution in [3.8, 4) is 0 Å². The van der Waals surface area contributed by atoms with E-state index in [1.165, 1.54) is 0 Å². The van der Waals surface area contributed by atoms with Gasteiger partial charge in [-0.1, -0.05) is 24.3 Å². The molecule has 0 unspecified atom stereocenters. The van der Waals surface area contributed by atoms with Gasteiger partial charge in [-0.25, -0.2) is 13.1 Å². The van der Waals surface area contributed by atoms with Crippen LogP contribution >= 0.6 is 0 Å². The predicted molar refractivity (Wildman–Crippen MR) is 87.2 cm³/mol. The largest absolute Gasteiger partial charge is 0.378 e. The Morgan fingerprint density at radius 1 is 1.27 bits per heavy atom. The molecule has 0 aromatic heterocycles. The van der Waals surface area contributed by atoms with Crippen molar-refractivity contribution < 1.29 is 13.2 Å². The zero-order valence-electron chi connectivity index (χ0n) is 13.1. The van der Waals surface area contributed by atoms with Gasteiger partial charge in [0.2, 0.25) is 10.0 Å². The van der Waals surface area contributed by atoms with Crippen LogP contribution in [0.15, 0.2) is 24.3 Å². The Hall–Kier alpha value is -0.910. The summed E-state index contributed by atoms with van der Waals surface area (Å²) in [6, 6.07) is 8.00. The summed E-state index contributed by atoms with van der Waals surface area (Å²) < 4.78 is 33.4. The highest BCUT2D eigenvalue weighted by molar-refractivity contribution is 7.89. The molecule has 0 radical (unpaired) electrons. The average molecular weight is 323 g/mol. The van der Waals surface area contributed by atoms with Gasteiger partial charge in [-0.3, -0.25) is 0 Å². The minimum atomic E-state index is -3.27. The number of nitrogens with one attached hydrogen (secondary N) is 1. The molecular weight excluding hydrogens is 298 g/mol. The SMILES string of the molecule is Cc1ccccc1[C@H](NS(=O)(=O)CC[C@H]1CCCO1)C1CC1. The van der Waals surface area contributed by atoms with Crippen molar-refractivity contribution in [2.45, 2.75) is 51.2 Å². The molecule has 5 heteroatoms. The average Bonchev–Trinajstić information content (AvgIpc) is 3.19. The zero-order chi connectivity index (χ0) is 15.6. The molecule has 1 saturated heterocycles. The van der Waals surface area contributed by atoms with E-state index in [9.17, 15) is 8.42 Å². The number of hydrogen-bond donors (Lipinski definition) is 1. The first kappa shape index (κ1) is 16.0. The zero-order valence-corrected chi connectivity index (χ0v) is 13.9. The van der Waals surface area contributed by atoms with Gasteiger partial charge >= 0.3 is 0 Å². The van der Waals surface area contributed by atoms with Crippen LogP contribution in [-0.4, -0.2) is 26.9 Å². The molecule has 0 bridgehead atoms. The van der Waals surface area contributed by atoms with E-state index in [0.717, 1.165) is 43.4 Å². The van der Waals surface area contributed by atoms with Crippen LogP contribution in [0.2, 0.25) is 0 Å². The van der Waals surface area contributed by atoms with Gasteiger partial charge in [0.15, 0.2) is 0 Å². The Morgan fingerprint density at radius 2 is 2.05 bits per heavy atom. The number of aryl methyl sites for hydroxylation is 1. The molecule has 1 aliphatic heterocycles. The highest BCUT2D eigenvalue weighted by Crippen LogP contribution is 2.42. The van der Waals surface area contributed by atoms with Gasteiger partial charge in [-0.05, 0) is 56.1 Å². The fourth-order valence-electron chi connectivity index (χ4n) is 3.19. The molecule has 122 valence electrons. The highest BCUT2D eigenvalue weighted by atomic mass is 32.2. The van der Waals surface area contributed by atoms with Crippen molar-refractivity contribution in [2.24, 2.45) is 5.92 Å². The van der Waals surface area contributed by atoms with Gasteiger partial charge in [-0.15, -0.1) is 0 Å². The summed E-state index contributed by atoms with van der Waals surface area (Å²) in [6.45, 7) is 2.82. The van der Waals surface area contributed by atoms with Gasteiger partial charge in [0, 0.05) is 12.6 Å². The lowest BCUT2D eigenvalue weighted by Gasteiger charge is -2.21. The molecule has 3 rings (SSSR count). The fraction of sp³-hybridized carbons (Fsp3) is 0.647. The molecule has 1 aliphatic carbocycles. The molecule has 0 spiro atoms. The van der Waals surface area contributed by atoms with Crippen molar-refractivity contribution in [3.63, 3.8) is 0 Å². The summed E-state index contributed by atoms with van der Waals surface area (Å²) >= 11 is 0. The van der Waals surface area contributed by atoms with Gasteiger partial charge in [0.05, 0.1) is 11.9 Å². The first-order chi connectivity index (χ1) is 10.6. The number of benzene rings is 1. The molecule has 2 fully saturated rings. The van der Waals surface area contributed by atoms with Crippen molar-refractivity contribution in [3.05, 3.63) is 35.4 Å². The van der Waals surface area contributed by atoms with E-state index >= 15 is 0 Å². The van der Waals surface area contributed by atoms with E-state index < -0.39 is 10.0 Å². The van der Waals surface area contributed by atoms with Crippen molar-refractivity contribution in [2.75, 3.05) is 12.4 Å². The molecule has 1 heterocycles. The number of sulfonamides is 1. The van der Waals surface area contributed by atoms with Crippen LogP contribution in [0.1, 0.15) is 49.3 Å². The van der Waals surface area contributed by atoms with Gasteiger partial charge < -0.3 is 4.74 Å². The molecule has 4 nitrogen and oxygen atoms in total. The van der Waals surface area contributed by atoms with Crippen LogP contribution in [0.4, 0.5) is 0 Å². The van der Waals surface area contributed by atoms with Crippen molar-refractivity contribution in [1.82, 2.24) is 4.72 Å². The lowest BCUT2D eigenvalue weighted by molar-refractivity contribution is 0.108. The second-order valence-electron chi connectivity index (χ2n) is 6.53. The molecule has 1 N–H and O–H groups in total. The molecule has 22 heavy (non-hydrogen) atoms. The molecular formula is C17H25NO3S. The predicted octanol–water partition coefficient (Wildman–Crippen LogP) is 2.93. The van der Waals surface area contributed by atoms with E-state index in [2.05, 4.69) is 4.72 Å². The van der Waals surface area contributed by atoms with Crippen LogP contribution in [0, 0.1) is 12.8 Å². The van der Waals surface area contributed by atoms with Crippen LogP contribution in [0.3, 0.4) is 0 Å². The maximum Gasteiger partial charge on any atom is 0.212 e. The Kier molecular flexibility index (Phi) is 4.85. The van der Waals surface area contributed by atoms with E-state index in [4.69, 9.17) is 4.74 Å².